The summed E-state index contributed by atoms with van der Waals surface area (Å²) in [7, 11) is 1.71. The molecule has 1 aromatic carbocycles. The molecule has 0 aliphatic carbocycles. The van der Waals surface area contributed by atoms with E-state index in [1.807, 2.05) is 43.3 Å². The van der Waals surface area contributed by atoms with Gasteiger partial charge in [-0.1, -0.05) is 30.3 Å². The highest BCUT2D eigenvalue weighted by atomic mass is 16.2. The SMILES string of the molecule is CCN(C(C)=O)c1cnc2c(c1)n(Cc1ccccc1)c(=O)n2C. The molecule has 6 nitrogen and oxygen atoms in total. The number of rotatable bonds is 4. The van der Waals surface area contributed by atoms with Crippen LogP contribution in [0.4, 0.5) is 5.69 Å². The van der Waals surface area contributed by atoms with E-state index in [0.29, 0.717) is 24.4 Å². The Labute approximate surface area is 140 Å². The highest BCUT2D eigenvalue weighted by Crippen LogP contribution is 2.20. The van der Waals surface area contributed by atoms with Crippen LogP contribution in [0.5, 0.6) is 0 Å². The van der Waals surface area contributed by atoms with Crippen molar-refractivity contribution in [2.45, 2.75) is 20.4 Å². The molecule has 6 heteroatoms. The number of anilines is 1. The lowest BCUT2D eigenvalue weighted by Gasteiger charge is -2.18. The predicted octanol–water partition coefficient (Wildman–Crippen LogP) is 2.16. The van der Waals surface area contributed by atoms with Crippen molar-refractivity contribution in [1.29, 1.82) is 0 Å². The van der Waals surface area contributed by atoms with E-state index in [1.165, 1.54) is 11.5 Å². The van der Waals surface area contributed by atoms with Crippen molar-refractivity contribution < 1.29 is 4.79 Å². The first-order chi connectivity index (χ1) is 11.5. The van der Waals surface area contributed by atoms with Crippen LogP contribution in [0.25, 0.3) is 11.2 Å². The summed E-state index contributed by atoms with van der Waals surface area (Å²) in [5, 5.41) is 0. The van der Waals surface area contributed by atoms with Crippen LogP contribution in [0.3, 0.4) is 0 Å². The molecule has 0 spiro atoms. The van der Waals surface area contributed by atoms with Gasteiger partial charge in [0.05, 0.1) is 23.9 Å². The van der Waals surface area contributed by atoms with Crippen LogP contribution in [0.15, 0.2) is 47.4 Å². The fraction of sp³-hybridized carbons (Fsp3) is 0.278. The number of aromatic nitrogens is 3. The summed E-state index contributed by atoms with van der Waals surface area (Å²) in [6.07, 6.45) is 1.64. The molecule has 0 saturated heterocycles. The highest BCUT2D eigenvalue weighted by molar-refractivity contribution is 5.93. The number of imidazole rings is 1. The van der Waals surface area contributed by atoms with Crippen LogP contribution in [0, 0.1) is 0 Å². The van der Waals surface area contributed by atoms with E-state index in [2.05, 4.69) is 4.98 Å². The quantitative estimate of drug-likeness (QED) is 0.739. The fourth-order valence-electron chi connectivity index (χ4n) is 2.92. The lowest BCUT2D eigenvalue weighted by atomic mass is 10.2. The molecule has 3 rings (SSSR count). The molecule has 124 valence electrons. The molecule has 0 unspecified atom stereocenters. The number of amides is 1. The molecule has 0 bridgehead atoms. The van der Waals surface area contributed by atoms with Crippen LogP contribution in [-0.2, 0) is 18.4 Å². The summed E-state index contributed by atoms with van der Waals surface area (Å²) in [5.74, 6) is -0.0495. The number of hydrogen-bond acceptors (Lipinski definition) is 3. The van der Waals surface area contributed by atoms with Crippen molar-refractivity contribution >= 4 is 22.8 Å². The maximum atomic E-state index is 12.6. The molecule has 1 amide bonds. The Bertz CT molecular complexity index is 941. The van der Waals surface area contributed by atoms with E-state index < -0.39 is 0 Å². The van der Waals surface area contributed by atoms with Gasteiger partial charge >= 0.3 is 5.69 Å². The van der Waals surface area contributed by atoms with Gasteiger partial charge in [0, 0.05) is 20.5 Å². The molecule has 0 fully saturated rings. The first kappa shape index (κ1) is 16.0. The molecule has 2 aromatic heterocycles. The van der Waals surface area contributed by atoms with Gasteiger partial charge in [0.2, 0.25) is 5.91 Å². The number of pyridine rings is 1. The Morgan fingerprint density at radius 3 is 2.58 bits per heavy atom. The van der Waals surface area contributed by atoms with Gasteiger partial charge < -0.3 is 4.90 Å². The maximum Gasteiger partial charge on any atom is 0.330 e. The Morgan fingerprint density at radius 1 is 1.25 bits per heavy atom. The minimum Gasteiger partial charge on any atom is -0.311 e. The number of benzene rings is 1. The Hall–Kier alpha value is -2.89. The molecule has 0 N–H and O–H groups in total. The van der Waals surface area contributed by atoms with Gasteiger partial charge in [-0.2, -0.15) is 0 Å². The van der Waals surface area contributed by atoms with Gasteiger partial charge in [-0.25, -0.2) is 9.78 Å². The largest absolute Gasteiger partial charge is 0.330 e. The van der Waals surface area contributed by atoms with Gasteiger partial charge in [0.25, 0.3) is 0 Å². The summed E-state index contributed by atoms with van der Waals surface area (Å²) in [4.78, 5) is 30.4. The zero-order chi connectivity index (χ0) is 17.3. The molecule has 0 radical (unpaired) electrons. The second kappa shape index (κ2) is 6.31. The summed E-state index contributed by atoms with van der Waals surface area (Å²) >= 11 is 0. The number of carbonyl (C=O) groups is 1. The summed E-state index contributed by atoms with van der Waals surface area (Å²) in [5.41, 5.74) is 2.95. The monoisotopic (exact) mass is 324 g/mol. The molecule has 3 aromatic rings. The average Bonchev–Trinajstić information content (AvgIpc) is 2.81. The zero-order valence-electron chi connectivity index (χ0n) is 14.1. The van der Waals surface area contributed by atoms with Crippen LogP contribution < -0.4 is 10.6 Å². The van der Waals surface area contributed by atoms with Crippen LogP contribution >= 0.6 is 0 Å². The Kier molecular flexibility index (Phi) is 4.20. The third-order valence-electron chi connectivity index (χ3n) is 4.15. The lowest BCUT2D eigenvalue weighted by molar-refractivity contribution is -0.116. The third kappa shape index (κ3) is 2.71. The summed E-state index contributed by atoms with van der Waals surface area (Å²) in [6.45, 7) is 4.45. The molecular formula is C18H20N4O2. The van der Waals surface area contributed by atoms with Gasteiger partial charge in [0.15, 0.2) is 5.65 Å². The van der Waals surface area contributed by atoms with Crippen molar-refractivity contribution in [3.05, 3.63) is 58.6 Å². The second-order valence-electron chi connectivity index (χ2n) is 5.71. The van der Waals surface area contributed by atoms with Gasteiger partial charge in [-0.15, -0.1) is 0 Å². The fourth-order valence-corrected chi connectivity index (χ4v) is 2.92. The molecule has 0 saturated carbocycles. The highest BCUT2D eigenvalue weighted by Gasteiger charge is 2.16. The molecule has 2 heterocycles. The summed E-state index contributed by atoms with van der Waals surface area (Å²) < 4.78 is 3.22. The zero-order valence-corrected chi connectivity index (χ0v) is 14.1. The summed E-state index contributed by atoms with van der Waals surface area (Å²) in [6, 6.07) is 11.7. The third-order valence-corrected chi connectivity index (χ3v) is 4.15. The van der Waals surface area contributed by atoms with E-state index in [9.17, 15) is 9.59 Å². The maximum absolute atomic E-state index is 12.6. The first-order valence-electron chi connectivity index (χ1n) is 7.90. The molecule has 24 heavy (non-hydrogen) atoms. The van der Waals surface area contributed by atoms with Gasteiger partial charge in [-0.05, 0) is 18.6 Å². The Balaban J connectivity index is 2.15. The van der Waals surface area contributed by atoms with E-state index in [-0.39, 0.29) is 11.6 Å². The molecule has 0 aliphatic rings. The normalized spacial score (nSPS) is 11.0. The molecule has 0 atom stereocenters. The van der Waals surface area contributed by atoms with Crippen LogP contribution in [0.1, 0.15) is 19.4 Å². The minimum absolute atomic E-state index is 0.0495. The number of fused-ring (bicyclic) bond motifs is 1. The van der Waals surface area contributed by atoms with Crippen molar-refractivity contribution in [1.82, 2.24) is 14.1 Å². The lowest BCUT2D eigenvalue weighted by Crippen LogP contribution is -2.28. The average molecular weight is 324 g/mol. The van der Waals surface area contributed by atoms with Gasteiger partial charge in [-0.3, -0.25) is 13.9 Å². The first-order valence-corrected chi connectivity index (χ1v) is 7.90. The van der Waals surface area contributed by atoms with E-state index >= 15 is 0 Å². The van der Waals surface area contributed by atoms with Crippen molar-refractivity contribution in [2.24, 2.45) is 7.05 Å². The topological polar surface area (TPSA) is 60.1 Å². The number of carbonyl (C=O) groups excluding carboxylic acids is 1. The second-order valence-corrected chi connectivity index (χ2v) is 5.71. The Morgan fingerprint density at radius 2 is 1.96 bits per heavy atom. The van der Waals surface area contributed by atoms with Crippen molar-refractivity contribution in [3.8, 4) is 0 Å². The molecular weight excluding hydrogens is 304 g/mol. The van der Waals surface area contributed by atoms with Crippen LogP contribution in [-0.4, -0.2) is 26.6 Å². The standard InChI is InChI=1S/C18H20N4O2/c1-4-21(13(2)23)15-10-16-17(19-11-15)20(3)18(24)22(16)12-14-8-6-5-7-9-14/h5-11H,4,12H2,1-3H3. The van der Waals surface area contributed by atoms with E-state index in [1.54, 1.807) is 22.7 Å². The number of hydrogen-bond donors (Lipinski definition) is 0. The smallest absolute Gasteiger partial charge is 0.311 e. The van der Waals surface area contributed by atoms with Gasteiger partial charge in [0.1, 0.15) is 0 Å². The number of nitrogens with zero attached hydrogens (tertiary/aromatic N) is 4. The van der Waals surface area contributed by atoms with Crippen molar-refractivity contribution in [2.75, 3.05) is 11.4 Å². The van der Waals surface area contributed by atoms with E-state index in [0.717, 1.165) is 11.1 Å². The van der Waals surface area contributed by atoms with Crippen molar-refractivity contribution in [3.63, 3.8) is 0 Å². The van der Waals surface area contributed by atoms with Crippen LogP contribution in [0.2, 0.25) is 0 Å². The van der Waals surface area contributed by atoms with E-state index in [4.69, 9.17) is 0 Å². The predicted molar refractivity (Wildman–Crippen MR) is 94.2 cm³/mol. The number of aryl methyl sites for hydroxylation is 1. The molecule has 0 aliphatic heterocycles. The minimum atomic E-state index is -0.121.